The van der Waals surface area contributed by atoms with Crippen molar-refractivity contribution in [3.8, 4) is 0 Å². The molecule has 4 nitrogen and oxygen atoms in total. The Morgan fingerprint density at radius 3 is 2.95 bits per heavy atom. The maximum Gasteiger partial charge on any atom is 0.0948 e. The van der Waals surface area contributed by atoms with Crippen LogP contribution in [0.3, 0.4) is 0 Å². The fourth-order valence-corrected chi connectivity index (χ4v) is 3.21. The summed E-state index contributed by atoms with van der Waals surface area (Å²) in [6.07, 6.45) is 8.27. The summed E-state index contributed by atoms with van der Waals surface area (Å²) in [5.41, 5.74) is 1.36. The van der Waals surface area contributed by atoms with Gasteiger partial charge in [-0.15, -0.1) is 0 Å². The summed E-state index contributed by atoms with van der Waals surface area (Å²) >= 11 is 0. The average Bonchev–Trinajstić information content (AvgIpc) is 2.71. The van der Waals surface area contributed by atoms with E-state index < -0.39 is 0 Å². The minimum absolute atomic E-state index is 0.593. The highest BCUT2D eigenvalue weighted by Crippen LogP contribution is 2.28. The molecule has 1 aromatic heterocycles. The largest absolute Gasteiger partial charge is 0.381 e. The fraction of sp³-hybridized carbons (Fsp3) is 0.800. The van der Waals surface area contributed by atoms with Gasteiger partial charge in [-0.1, -0.05) is 6.42 Å². The van der Waals surface area contributed by atoms with Crippen molar-refractivity contribution < 1.29 is 4.74 Å². The SMILES string of the molecule is CCOC[C@H]1CN(CC2CCC2)Cc2cncn2C1. The Morgan fingerprint density at radius 2 is 2.21 bits per heavy atom. The predicted molar refractivity (Wildman–Crippen MR) is 74.8 cm³/mol. The molecule has 0 unspecified atom stereocenters. The van der Waals surface area contributed by atoms with E-state index in [4.69, 9.17) is 4.74 Å². The zero-order chi connectivity index (χ0) is 13.1. The number of ether oxygens (including phenoxy) is 1. The zero-order valence-corrected chi connectivity index (χ0v) is 11.9. The van der Waals surface area contributed by atoms with Crippen LogP contribution in [0.15, 0.2) is 12.5 Å². The van der Waals surface area contributed by atoms with Crippen LogP contribution in [0.5, 0.6) is 0 Å². The van der Waals surface area contributed by atoms with Crippen LogP contribution in [0.25, 0.3) is 0 Å². The normalized spacial score (nSPS) is 24.8. The van der Waals surface area contributed by atoms with Gasteiger partial charge in [0.15, 0.2) is 0 Å². The zero-order valence-electron chi connectivity index (χ0n) is 11.9. The van der Waals surface area contributed by atoms with E-state index in [0.717, 1.165) is 38.8 Å². The van der Waals surface area contributed by atoms with Gasteiger partial charge in [-0.3, -0.25) is 4.90 Å². The van der Waals surface area contributed by atoms with Crippen LogP contribution in [-0.2, 0) is 17.8 Å². The minimum Gasteiger partial charge on any atom is -0.381 e. The molecule has 0 bridgehead atoms. The summed E-state index contributed by atoms with van der Waals surface area (Å²) < 4.78 is 7.96. The van der Waals surface area contributed by atoms with E-state index in [0.29, 0.717) is 5.92 Å². The monoisotopic (exact) mass is 263 g/mol. The van der Waals surface area contributed by atoms with Crippen molar-refractivity contribution in [2.75, 3.05) is 26.3 Å². The van der Waals surface area contributed by atoms with E-state index in [1.54, 1.807) is 0 Å². The quantitative estimate of drug-likeness (QED) is 0.815. The maximum absolute atomic E-state index is 5.65. The average molecular weight is 263 g/mol. The first-order chi connectivity index (χ1) is 9.35. The molecule has 1 atom stereocenters. The van der Waals surface area contributed by atoms with E-state index in [-0.39, 0.29) is 0 Å². The second-order valence-corrected chi connectivity index (χ2v) is 6.05. The lowest BCUT2D eigenvalue weighted by atomic mass is 9.85. The van der Waals surface area contributed by atoms with Gasteiger partial charge in [-0.05, 0) is 25.7 Å². The molecule has 4 heteroatoms. The van der Waals surface area contributed by atoms with Crippen molar-refractivity contribution in [3.63, 3.8) is 0 Å². The summed E-state index contributed by atoms with van der Waals surface area (Å²) in [6, 6.07) is 0. The first-order valence-electron chi connectivity index (χ1n) is 7.64. The van der Waals surface area contributed by atoms with Gasteiger partial charge in [0, 0.05) is 44.9 Å². The van der Waals surface area contributed by atoms with Gasteiger partial charge in [0.25, 0.3) is 0 Å². The van der Waals surface area contributed by atoms with Crippen molar-refractivity contribution in [2.24, 2.45) is 11.8 Å². The number of nitrogens with zero attached hydrogens (tertiary/aromatic N) is 3. The molecule has 2 heterocycles. The van der Waals surface area contributed by atoms with Gasteiger partial charge in [0.1, 0.15) is 0 Å². The maximum atomic E-state index is 5.65. The Kier molecular flexibility index (Phi) is 4.18. The van der Waals surface area contributed by atoms with Crippen LogP contribution in [0, 0.1) is 11.8 Å². The fourth-order valence-electron chi connectivity index (χ4n) is 3.21. The number of rotatable bonds is 5. The number of hydrogen-bond donors (Lipinski definition) is 0. The highest BCUT2D eigenvalue weighted by molar-refractivity contribution is 5.01. The van der Waals surface area contributed by atoms with Crippen LogP contribution in [0.1, 0.15) is 31.9 Å². The summed E-state index contributed by atoms with van der Waals surface area (Å²) in [6.45, 7) is 8.29. The summed E-state index contributed by atoms with van der Waals surface area (Å²) in [4.78, 5) is 6.92. The van der Waals surface area contributed by atoms with Crippen LogP contribution in [0.2, 0.25) is 0 Å². The van der Waals surface area contributed by atoms with Gasteiger partial charge < -0.3 is 9.30 Å². The molecular weight excluding hydrogens is 238 g/mol. The van der Waals surface area contributed by atoms with Crippen molar-refractivity contribution in [1.82, 2.24) is 14.5 Å². The number of aromatic nitrogens is 2. The standard InChI is InChI=1S/C15H25N3O/c1-2-19-11-14-8-17(7-13-4-3-5-13)10-15-6-16-12-18(15)9-14/h6,12-14H,2-5,7-11H2,1H3/t14-/m0/s1. The van der Waals surface area contributed by atoms with E-state index >= 15 is 0 Å². The molecule has 0 amide bonds. The second kappa shape index (κ2) is 6.06. The topological polar surface area (TPSA) is 30.3 Å². The molecule has 0 saturated heterocycles. The lowest BCUT2D eigenvalue weighted by Crippen LogP contribution is -2.36. The number of hydrogen-bond acceptors (Lipinski definition) is 3. The summed E-state index contributed by atoms with van der Waals surface area (Å²) in [7, 11) is 0. The molecule has 0 N–H and O–H groups in total. The third-order valence-corrected chi connectivity index (χ3v) is 4.45. The first-order valence-corrected chi connectivity index (χ1v) is 7.64. The van der Waals surface area contributed by atoms with Crippen LogP contribution in [0.4, 0.5) is 0 Å². The Bertz CT molecular complexity index is 400. The summed E-state index contributed by atoms with van der Waals surface area (Å²) in [5.74, 6) is 1.53. The van der Waals surface area contributed by atoms with Crippen LogP contribution in [-0.4, -0.2) is 40.8 Å². The molecule has 0 spiro atoms. The van der Waals surface area contributed by atoms with Crippen molar-refractivity contribution in [3.05, 3.63) is 18.2 Å². The predicted octanol–water partition coefficient (Wildman–Crippen LogP) is 2.15. The smallest absolute Gasteiger partial charge is 0.0948 e. The van der Waals surface area contributed by atoms with Gasteiger partial charge in [0.05, 0.1) is 18.6 Å². The molecular formula is C15H25N3O. The second-order valence-electron chi connectivity index (χ2n) is 6.05. The van der Waals surface area contributed by atoms with Crippen molar-refractivity contribution >= 4 is 0 Å². The lowest BCUT2D eigenvalue weighted by molar-refractivity contribution is 0.0778. The van der Waals surface area contributed by atoms with E-state index in [1.807, 2.05) is 12.5 Å². The molecule has 0 radical (unpaired) electrons. The first kappa shape index (κ1) is 13.1. The Morgan fingerprint density at radius 1 is 1.32 bits per heavy atom. The lowest BCUT2D eigenvalue weighted by Gasteiger charge is -2.32. The molecule has 1 aliphatic carbocycles. The van der Waals surface area contributed by atoms with Crippen LogP contribution >= 0.6 is 0 Å². The minimum atomic E-state index is 0.593. The third kappa shape index (κ3) is 3.18. The van der Waals surface area contributed by atoms with Crippen molar-refractivity contribution in [2.45, 2.75) is 39.3 Å². The highest BCUT2D eigenvalue weighted by atomic mass is 16.5. The van der Waals surface area contributed by atoms with Gasteiger partial charge >= 0.3 is 0 Å². The number of fused-ring (bicyclic) bond motifs is 1. The van der Waals surface area contributed by atoms with E-state index in [1.165, 1.54) is 31.5 Å². The van der Waals surface area contributed by atoms with Crippen molar-refractivity contribution in [1.29, 1.82) is 0 Å². The summed E-state index contributed by atoms with van der Waals surface area (Å²) in [5, 5.41) is 0. The molecule has 1 saturated carbocycles. The molecule has 106 valence electrons. The number of imidazole rings is 1. The molecule has 2 aliphatic rings. The Hall–Kier alpha value is -0.870. The van der Waals surface area contributed by atoms with Gasteiger partial charge in [0.2, 0.25) is 0 Å². The molecule has 0 aromatic carbocycles. The molecule has 1 fully saturated rings. The molecule has 19 heavy (non-hydrogen) atoms. The Labute approximate surface area is 115 Å². The van der Waals surface area contributed by atoms with Gasteiger partial charge in [-0.2, -0.15) is 0 Å². The van der Waals surface area contributed by atoms with E-state index in [9.17, 15) is 0 Å². The van der Waals surface area contributed by atoms with Gasteiger partial charge in [-0.25, -0.2) is 4.98 Å². The molecule has 1 aliphatic heterocycles. The van der Waals surface area contributed by atoms with E-state index in [2.05, 4.69) is 21.4 Å². The molecule has 3 rings (SSSR count). The third-order valence-electron chi connectivity index (χ3n) is 4.45. The Balaban J connectivity index is 1.66. The van der Waals surface area contributed by atoms with Crippen LogP contribution < -0.4 is 0 Å². The molecule has 1 aromatic rings. The highest BCUT2D eigenvalue weighted by Gasteiger charge is 2.26.